The zero-order chi connectivity index (χ0) is 29.9. The Morgan fingerprint density at radius 3 is 1.22 bits per heavy atom. The fourth-order valence-electron chi connectivity index (χ4n) is 5.85. The van der Waals surface area contributed by atoms with Gasteiger partial charge in [0.25, 0.3) is 0 Å². The number of rotatable bonds is 30. The maximum absolute atomic E-state index is 12.1. The van der Waals surface area contributed by atoms with Crippen LogP contribution in [0, 0.1) is 0 Å². The molecule has 1 aromatic carbocycles. The SMILES string of the molecule is CCCCCCCCCCCCCCCc1ccc(CCCCCCCCCCCCCCC)c(O[P+]([O-])([S-])[S-])c1. The van der Waals surface area contributed by atoms with Crippen molar-refractivity contribution in [1.82, 2.24) is 0 Å². The highest BCUT2D eigenvalue weighted by atomic mass is 33.1. The minimum atomic E-state index is -3.40. The summed E-state index contributed by atoms with van der Waals surface area (Å²) < 4.78 is 5.64. The molecule has 240 valence electrons. The molecule has 5 heteroatoms. The average molecular weight is 625 g/mol. The van der Waals surface area contributed by atoms with E-state index in [-0.39, 0.29) is 0 Å². The van der Waals surface area contributed by atoms with E-state index in [0.29, 0.717) is 5.75 Å². The van der Waals surface area contributed by atoms with Crippen LogP contribution in [0.25, 0.3) is 0 Å². The van der Waals surface area contributed by atoms with Crippen molar-refractivity contribution in [3.05, 3.63) is 29.3 Å². The Labute approximate surface area is 267 Å². The Kier molecular flexibility index (Phi) is 26.4. The van der Waals surface area contributed by atoms with Gasteiger partial charge in [0.15, 0.2) is 5.75 Å². The van der Waals surface area contributed by atoms with E-state index < -0.39 is 6.12 Å². The van der Waals surface area contributed by atoms with Crippen LogP contribution < -0.4 is 9.42 Å². The Bertz CT molecular complexity index is 707. The number of unbranched alkanes of at least 4 members (excludes halogenated alkanes) is 24. The van der Waals surface area contributed by atoms with Crippen LogP contribution in [0.1, 0.15) is 192 Å². The molecule has 2 nitrogen and oxygen atoms in total. The van der Waals surface area contributed by atoms with Crippen LogP contribution in [0.4, 0.5) is 0 Å². The molecule has 0 aliphatic carbocycles. The summed E-state index contributed by atoms with van der Waals surface area (Å²) in [6.45, 7) is 4.57. The molecule has 0 fully saturated rings. The highest BCUT2D eigenvalue weighted by molar-refractivity contribution is 8.69. The van der Waals surface area contributed by atoms with Crippen molar-refractivity contribution in [2.75, 3.05) is 0 Å². The van der Waals surface area contributed by atoms with Crippen molar-refractivity contribution in [2.24, 2.45) is 0 Å². The molecular formula is C36H65O2PS2-2. The van der Waals surface area contributed by atoms with Crippen LogP contribution in [-0.4, -0.2) is 0 Å². The predicted octanol–water partition coefficient (Wildman–Crippen LogP) is 12.5. The molecule has 0 unspecified atom stereocenters. The maximum Gasteiger partial charge on any atom is 0.171 e. The maximum atomic E-state index is 12.1. The second kappa shape index (κ2) is 27.6. The van der Waals surface area contributed by atoms with Gasteiger partial charge in [-0.3, -0.25) is 0 Å². The molecule has 0 aliphatic rings. The minimum Gasteiger partial charge on any atom is -0.682 e. The topological polar surface area (TPSA) is 32.3 Å². The summed E-state index contributed by atoms with van der Waals surface area (Å²) in [5, 5.41) is 0. The van der Waals surface area contributed by atoms with E-state index in [4.69, 9.17) is 29.0 Å². The third-order valence-corrected chi connectivity index (χ3v) is 9.33. The molecule has 0 saturated carbocycles. The fraction of sp³-hybridized carbons (Fsp3) is 0.833. The van der Waals surface area contributed by atoms with Gasteiger partial charge < -0.3 is 33.9 Å². The molecular weight excluding hydrogens is 560 g/mol. The van der Waals surface area contributed by atoms with Gasteiger partial charge >= 0.3 is 0 Å². The molecule has 0 aliphatic heterocycles. The molecule has 0 spiro atoms. The highest BCUT2D eigenvalue weighted by Crippen LogP contribution is 2.47. The Hall–Kier alpha value is 0.110. The van der Waals surface area contributed by atoms with E-state index >= 15 is 0 Å². The molecule has 0 saturated heterocycles. The van der Waals surface area contributed by atoms with Crippen LogP contribution >= 0.6 is 6.12 Å². The number of hydrogen-bond acceptors (Lipinski definition) is 4. The quantitative estimate of drug-likeness (QED) is 0.0484. The van der Waals surface area contributed by atoms with E-state index in [1.807, 2.05) is 0 Å². The van der Waals surface area contributed by atoms with Gasteiger partial charge in [0.2, 0.25) is 0 Å². The second-order valence-electron chi connectivity index (χ2n) is 12.5. The zero-order valence-electron chi connectivity index (χ0n) is 27.1. The smallest absolute Gasteiger partial charge is 0.171 e. The van der Waals surface area contributed by atoms with Crippen LogP contribution in [0.5, 0.6) is 5.75 Å². The summed E-state index contributed by atoms with van der Waals surface area (Å²) in [5.74, 6) is 0.671. The molecule has 0 radical (unpaired) electrons. The first kappa shape index (κ1) is 39.1. The van der Waals surface area contributed by atoms with Crippen molar-refractivity contribution in [3.8, 4) is 5.75 Å². The first-order valence-electron chi connectivity index (χ1n) is 17.8. The summed E-state index contributed by atoms with van der Waals surface area (Å²) in [7, 11) is 0. The number of benzene rings is 1. The van der Waals surface area contributed by atoms with Gasteiger partial charge in [-0.05, 0) is 42.9 Å². The Balaban J connectivity index is 2.19. The van der Waals surface area contributed by atoms with Crippen molar-refractivity contribution in [2.45, 2.75) is 194 Å². The zero-order valence-corrected chi connectivity index (χ0v) is 29.6. The molecule has 0 aromatic heterocycles. The normalized spacial score (nSPS) is 11.8. The van der Waals surface area contributed by atoms with E-state index in [2.05, 4.69) is 32.0 Å². The molecule has 0 atom stereocenters. The summed E-state index contributed by atoms with van der Waals surface area (Å²) in [4.78, 5) is 12.1. The lowest BCUT2D eigenvalue weighted by Gasteiger charge is -2.42. The average Bonchev–Trinajstić information content (AvgIpc) is 2.94. The van der Waals surface area contributed by atoms with Crippen molar-refractivity contribution in [3.63, 3.8) is 0 Å². The van der Waals surface area contributed by atoms with Crippen molar-refractivity contribution in [1.29, 1.82) is 0 Å². The lowest BCUT2D eigenvalue weighted by molar-refractivity contribution is -0.169. The van der Waals surface area contributed by atoms with Crippen LogP contribution in [0.3, 0.4) is 0 Å². The van der Waals surface area contributed by atoms with Gasteiger partial charge in [0.1, 0.15) is 0 Å². The highest BCUT2D eigenvalue weighted by Gasteiger charge is 2.09. The largest absolute Gasteiger partial charge is 0.682 e. The van der Waals surface area contributed by atoms with Crippen LogP contribution in [-0.2, 0) is 37.3 Å². The third-order valence-electron chi connectivity index (χ3n) is 8.46. The van der Waals surface area contributed by atoms with Crippen molar-refractivity contribution < 1.29 is 9.42 Å². The molecule has 0 amide bonds. The minimum absolute atomic E-state index is 0.671. The van der Waals surface area contributed by atoms with Gasteiger partial charge in [-0.1, -0.05) is 180 Å². The summed E-state index contributed by atoms with van der Waals surface area (Å²) in [6, 6.07) is 6.44. The van der Waals surface area contributed by atoms with Gasteiger partial charge in [0.05, 0.1) is 0 Å². The number of aryl methyl sites for hydroxylation is 2. The second-order valence-corrected chi connectivity index (χ2v) is 17.1. The summed E-state index contributed by atoms with van der Waals surface area (Å²) in [6.07, 6.45) is 33.9. The monoisotopic (exact) mass is 624 g/mol. The Morgan fingerprint density at radius 1 is 0.512 bits per heavy atom. The van der Waals surface area contributed by atoms with Gasteiger partial charge in [-0.15, -0.1) is 6.12 Å². The first-order chi connectivity index (χ1) is 20.0. The molecule has 1 aromatic rings. The van der Waals surface area contributed by atoms with Crippen LogP contribution in [0.2, 0.25) is 0 Å². The molecule has 1 rings (SSSR count). The molecule has 41 heavy (non-hydrogen) atoms. The van der Waals surface area contributed by atoms with E-state index in [1.165, 1.54) is 166 Å². The fourth-order valence-corrected chi connectivity index (χ4v) is 6.74. The Morgan fingerprint density at radius 2 is 0.854 bits per heavy atom. The number of hydrogen-bond donors (Lipinski definition) is 0. The molecule has 0 bridgehead atoms. The summed E-state index contributed by atoms with van der Waals surface area (Å²) >= 11 is 9.91. The van der Waals surface area contributed by atoms with Crippen LogP contribution in [0.15, 0.2) is 18.2 Å². The molecule has 0 heterocycles. The standard InChI is InChI=1S/C36H67O2PS2/c1-3-5-7-9-11-13-15-17-19-21-23-25-27-29-34-31-32-35(36(33-34)38-39(37,40)41)30-28-26-24-22-20-18-16-14-12-10-8-6-4-2/h31-33H,3-30H2,1-2H3,(H2,37,40,41)/p-2. The van der Waals surface area contributed by atoms with E-state index in [9.17, 15) is 4.89 Å². The first-order valence-corrected chi connectivity index (χ1v) is 21.4. The molecule has 0 N–H and O–H groups in total. The van der Waals surface area contributed by atoms with Gasteiger partial charge in [0, 0.05) is 0 Å². The van der Waals surface area contributed by atoms with E-state index in [1.54, 1.807) is 0 Å². The lowest BCUT2D eigenvalue weighted by atomic mass is 9.99. The predicted molar refractivity (Wildman–Crippen MR) is 188 cm³/mol. The van der Waals surface area contributed by atoms with E-state index in [0.717, 1.165) is 24.8 Å². The van der Waals surface area contributed by atoms with Gasteiger partial charge in [-0.25, -0.2) is 0 Å². The van der Waals surface area contributed by atoms with Gasteiger partial charge in [-0.2, -0.15) is 0 Å². The summed E-state index contributed by atoms with van der Waals surface area (Å²) in [5.41, 5.74) is 2.35. The van der Waals surface area contributed by atoms with Crippen molar-refractivity contribution >= 4 is 30.6 Å². The third kappa shape index (κ3) is 25.2. The lowest BCUT2D eigenvalue weighted by Crippen LogP contribution is -2.10.